The zero-order valence-electron chi connectivity index (χ0n) is 15.7. The first-order valence-corrected chi connectivity index (χ1v) is 9.73. The van der Waals surface area contributed by atoms with E-state index in [0.29, 0.717) is 18.0 Å². The highest BCUT2D eigenvalue weighted by molar-refractivity contribution is 7.13. The number of carbonyl (C=O) groups excluding carboxylic acids is 2. The summed E-state index contributed by atoms with van der Waals surface area (Å²) in [4.78, 5) is 31.6. The number of aryl methyl sites for hydroxylation is 2. The van der Waals surface area contributed by atoms with Crippen molar-refractivity contribution in [3.8, 4) is 0 Å². The zero-order chi connectivity index (χ0) is 18.9. The van der Waals surface area contributed by atoms with Crippen LogP contribution in [0, 0.1) is 6.92 Å². The molecule has 0 aliphatic rings. The summed E-state index contributed by atoms with van der Waals surface area (Å²) in [5.74, 6) is -0.393. The molecule has 140 valence electrons. The molecule has 26 heavy (non-hydrogen) atoms. The van der Waals surface area contributed by atoms with E-state index < -0.39 is 0 Å². The fourth-order valence-electron chi connectivity index (χ4n) is 2.61. The first-order chi connectivity index (χ1) is 12.5. The van der Waals surface area contributed by atoms with Crippen molar-refractivity contribution < 1.29 is 14.3 Å². The Morgan fingerprint density at radius 3 is 2.62 bits per heavy atom. The Hall–Kier alpha value is -2.21. The molecule has 0 atom stereocenters. The number of thiazole rings is 1. The van der Waals surface area contributed by atoms with Crippen molar-refractivity contribution in [3.63, 3.8) is 0 Å². The summed E-state index contributed by atoms with van der Waals surface area (Å²) in [5.41, 5.74) is 1.79. The number of esters is 1. The van der Waals surface area contributed by atoms with Crippen molar-refractivity contribution >= 4 is 23.2 Å². The molecule has 0 N–H and O–H groups in total. The molecule has 0 saturated carbocycles. The third-order valence-electron chi connectivity index (χ3n) is 4.10. The van der Waals surface area contributed by atoms with Crippen molar-refractivity contribution in [2.24, 2.45) is 0 Å². The minimum atomic E-state index is -0.319. The van der Waals surface area contributed by atoms with Gasteiger partial charge in [-0.3, -0.25) is 9.59 Å². The van der Waals surface area contributed by atoms with Gasteiger partial charge in [0.2, 0.25) is 0 Å². The Morgan fingerprint density at radius 1 is 1.23 bits per heavy atom. The number of aromatic nitrogens is 1. The van der Waals surface area contributed by atoms with Gasteiger partial charge in [0.1, 0.15) is 4.88 Å². The monoisotopic (exact) mass is 374 g/mol. The van der Waals surface area contributed by atoms with E-state index in [2.05, 4.69) is 11.9 Å². The fraction of sp³-hybridized carbons (Fsp3) is 0.450. The van der Waals surface area contributed by atoms with Crippen molar-refractivity contribution in [1.82, 2.24) is 9.88 Å². The Kier molecular flexibility index (Phi) is 7.78. The summed E-state index contributed by atoms with van der Waals surface area (Å²) in [6.45, 7) is 4.79. The standard InChI is InChI=1S/C20H26N2O3S/c1-4-5-11-17-21-15(2)19(26-17)20(24)22(13-12-18(23)25-3)14-16-9-7-6-8-10-16/h6-10H,4-5,11-14H2,1-3H3. The number of nitrogens with zero attached hydrogens (tertiary/aromatic N) is 2. The van der Waals surface area contributed by atoms with Gasteiger partial charge < -0.3 is 9.64 Å². The maximum absolute atomic E-state index is 13.1. The lowest BCUT2D eigenvalue weighted by atomic mass is 10.2. The van der Waals surface area contributed by atoms with Gasteiger partial charge in [-0.1, -0.05) is 43.7 Å². The van der Waals surface area contributed by atoms with Crippen molar-refractivity contribution in [2.45, 2.75) is 46.1 Å². The lowest BCUT2D eigenvalue weighted by Gasteiger charge is -2.22. The number of methoxy groups -OCH3 is 1. The molecule has 6 heteroatoms. The molecule has 5 nitrogen and oxygen atoms in total. The molecule has 1 amide bonds. The number of hydrogen-bond donors (Lipinski definition) is 0. The number of unbranched alkanes of at least 4 members (excludes halogenated alkanes) is 1. The Bertz CT molecular complexity index is 728. The molecule has 0 saturated heterocycles. The lowest BCUT2D eigenvalue weighted by molar-refractivity contribution is -0.140. The predicted molar refractivity (Wildman–Crippen MR) is 103 cm³/mol. The summed E-state index contributed by atoms with van der Waals surface area (Å²) in [6, 6.07) is 9.78. The van der Waals surface area contributed by atoms with Gasteiger partial charge in [-0.2, -0.15) is 0 Å². The molecule has 1 aromatic heterocycles. The van der Waals surface area contributed by atoms with Gasteiger partial charge in [-0.15, -0.1) is 11.3 Å². The van der Waals surface area contributed by atoms with Gasteiger partial charge >= 0.3 is 5.97 Å². The topological polar surface area (TPSA) is 59.5 Å². The van der Waals surface area contributed by atoms with Crippen LogP contribution in [0.5, 0.6) is 0 Å². The molecular weight excluding hydrogens is 348 g/mol. The minimum absolute atomic E-state index is 0.0736. The van der Waals surface area contributed by atoms with E-state index in [9.17, 15) is 9.59 Å². The number of rotatable bonds is 9. The summed E-state index contributed by atoms with van der Waals surface area (Å²) in [6.07, 6.45) is 3.24. The highest BCUT2D eigenvalue weighted by atomic mass is 32.1. The summed E-state index contributed by atoms with van der Waals surface area (Å²) < 4.78 is 4.72. The van der Waals surface area contributed by atoms with Crippen LogP contribution < -0.4 is 0 Å². The predicted octanol–water partition coefficient (Wildman–Crippen LogP) is 4.00. The number of ether oxygens (including phenoxy) is 1. The van der Waals surface area contributed by atoms with Crippen LogP contribution in [0.1, 0.15) is 52.1 Å². The van der Waals surface area contributed by atoms with Gasteiger partial charge in [0.05, 0.1) is 24.2 Å². The van der Waals surface area contributed by atoms with E-state index in [1.54, 1.807) is 4.90 Å². The molecule has 0 radical (unpaired) electrons. The van der Waals surface area contributed by atoms with Crippen LogP contribution in [0.4, 0.5) is 0 Å². The van der Waals surface area contributed by atoms with Crippen molar-refractivity contribution in [1.29, 1.82) is 0 Å². The van der Waals surface area contributed by atoms with E-state index >= 15 is 0 Å². The summed E-state index contributed by atoms with van der Waals surface area (Å²) >= 11 is 1.47. The number of benzene rings is 1. The van der Waals surface area contributed by atoms with Crippen LogP contribution >= 0.6 is 11.3 Å². The van der Waals surface area contributed by atoms with Crippen LogP contribution in [0.2, 0.25) is 0 Å². The van der Waals surface area contributed by atoms with E-state index in [-0.39, 0.29) is 18.3 Å². The maximum atomic E-state index is 13.1. The van der Waals surface area contributed by atoms with E-state index in [1.165, 1.54) is 18.4 Å². The number of amides is 1. The molecular formula is C20H26N2O3S. The van der Waals surface area contributed by atoms with Crippen molar-refractivity contribution in [2.75, 3.05) is 13.7 Å². The lowest BCUT2D eigenvalue weighted by Crippen LogP contribution is -2.32. The molecule has 0 unspecified atom stereocenters. The van der Waals surface area contributed by atoms with Gasteiger partial charge in [0.25, 0.3) is 5.91 Å². The van der Waals surface area contributed by atoms with Gasteiger partial charge in [-0.25, -0.2) is 4.98 Å². The fourth-order valence-corrected chi connectivity index (χ4v) is 3.69. The first kappa shape index (κ1) is 20.1. The van der Waals surface area contributed by atoms with Crippen LogP contribution in [0.25, 0.3) is 0 Å². The third-order valence-corrected chi connectivity index (χ3v) is 5.30. The Labute approximate surface area is 159 Å². The number of carbonyl (C=O) groups is 2. The van der Waals surface area contributed by atoms with Crippen LogP contribution in [0.3, 0.4) is 0 Å². The average Bonchev–Trinajstić information content (AvgIpc) is 3.03. The van der Waals surface area contributed by atoms with E-state index in [1.807, 2.05) is 37.3 Å². The van der Waals surface area contributed by atoms with Gasteiger partial charge in [0, 0.05) is 13.1 Å². The molecule has 1 aromatic carbocycles. The average molecular weight is 375 g/mol. The normalized spacial score (nSPS) is 10.6. The number of hydrogen-bond acceptors (Lipinski definition) is 5. The molecule has 2 rings (SSSR count). The Morgan fingerprint density at radius 2 is 1.96 bits per heavy atom. The largest absolute Gasteiger partial charge is 0.469 e. The second kappa shape index (κ2) is 10.1. The quantitative estimate of drug-likeness (QED) is 0.623. The van der Waals surface area contributed by atoms with Crippen LogP contribution in [-0.2, 0) is 22.5 Å². The van der Waals surface area contributed by atoms with E-state index in [0.717, 1.165) is 35.5 Å². The molecule has 0 aliphatic heterocycles. The summed E-state index contributed by atoms with van der Waals surface area (Å²) in [7, 11) is 1.36. The second-order valence-corrected chi connectivity index (χ2v) is 7.25. The highest BCUT2D eigenvalue weighted by Crippen LogP contribution is 2.22. The SMILES string of the molecule is CCCCc1nc(C)c(C(=O)N(CCC(=O)OC)Cc2ccccc2)s1. The van der Waals surface area contributed by atoms with Crippen molar-refractivity contribution in [3.05, 3.63) is 51.5 Å². The minimum Gasteiger partial charge on any atom is -0.469 e. The molecule has 1 heterocycles. The third kappa shape index (κ3) is 5.66. The van der Waals surface area contributed by atoms with E-state index in [4.69, 9.17) is 4.74 Å². The molecule has 0 aliphatic carbocycles. The van der Waals surface area contributed by atoms with Crippen LogP contribution in [0.15, 0.2) is 30.3 Å². The molecule has 0 fully saturated rings. The van der Waals surface area contributed by atoms with Gasteiger partial charge in [0.15, 0.2) is 0 Å². The summed E-state index contributed by atoms with van der Waals surface area (Å²) in [5, 5.41) is 1.00. The molecule has 0 bridgehead atoms. The smallest absolute Gasteiger partial charge is 0.307 e. The Balaban J connectivity index is 2.18. The highest BCUT2D eigenvalue weighted by Gasteiger charge is 2.22. The van der Waals surface area contributed by atoms with Gasteiger partial charge in [-0.05, 0) is 25.3 Å². The van der Waals surface area contributed by atoms with Crippen LogP contribution in [-0.4, -0.2) is 35.4 Å². The second-order valence-electron chi connectivity index (χ2n) is 6.16. The molecule has 2 aromatic rings. The first-order valence-electron chi connectivity index (χ1n) is 8.91. The zero-order valence-corrected chi connectivity index (χ0v) is 16.5. The maximum Gasteiger partial charge on any atom is 0.307 e. The molecule has 0 spiro atoms.